The fourth-order valence-electron chi connectivity index (χ4n) is 3.28. The third-order valence-electron chi connectivity index (χ3n) is 4.97. The van der Waals surface area contributed by atoms with Gasteiger partial charge in [-0.15, -0.1) is 0 Å². The standard InChI is InChI=1S/C24H27N3O4S/c1-17-11-22(12-18(2)23(17)31-15-21-5-4-10-26-13-21)24(28)27-14-19-6-8-20(9-7-19)16-32(29,30)25-3/h4-13,25H,14-16H2,1-3H3,(H,27,28). The molecule has 0 spiro atoms. The third-order valence-corrected chi connectivity index (χ3v) is 6.31. The predicted octanol–water partition coefficient (Wildman–Crippen LogP) is 3.26. The van der Waals surface area contributed by atoms with Gasteiger partial charge in [-0.2, -0.15) is 0 Å². The lowest BCUT2D eigenvalue weighted by molar-refractivity contribution is 0.0950. The van der Waals surface area contributed by atoms with Gasteiger partial charge in [0.05, 0.1) is 5.75 Å². The minimum atomic E-state index is -3.31. The van der Waals surface area contributed by atoms with Crippen LogP contribution in [0.15, 0.2) is 60.9 Å². The van der Waals surface area contributed by atoms with Crippen LogP contribution in [-0.4, -0.2) is 26.4 Å². The number of nitrogens with one attached hydrogen (secondary N) is 2. The lowest BCUT2D eigenvalue weighted by Crippen LogP contribution is -2.23. The molecule has 0 aliphatic rings. The number of amides is 1. The number of pyridine rings is 1. The lowest BCUT2D eigenvalue weighted by atomic mass is 10.0. The maximum absolute atomic E-state index is 12.7. The zero-order valence-corrected chi connectivity index (χ0v) is 19.2. The van der Waals surface area contributed by atoms with Crippen LogP contribution in [0.1, 0.15) is 38.2 Å². The summed E-state index contributed by atoms with van der Waals surface area (Å²) < 4.78 is 31.5. The predicted molar refractivity (Wildman–Crippen MR) is 124 cm³/mol. The molecule has 2 aromatic carbocycles. The summed E-state index contributed by atoms with van der Waals surface area (Å²) in [5, 5.41) is 2.91. The van der Waals surface area contributed by atoms with Gasteiger partial charge in [-0.25, -0.2) is 13.1 Å². The van der Waals surface area contributed by atoms with Gasteiger partial charge in [-0.1, -0.05) is 30.3 Å². The third kappa shape index (κ3) is 6.38. The molecule has 0 bridgehead atoms. The first-order valence-electron chi connectivity index (χ1n) is 10.2. The summed E-state index contributed by atoms with van der Waals surface area (Å²) in [5.74, 6) is 0.499. The highest BCUT2D eigenvalue weighted by molar-refractivity contribution is 7.88. The van der Waals surface area contributed by atoms with Crippen LogP contribution in [0.2, 0.25) is 0 Å². The Morgan fingerprint density at radius 3 is 2.25 bits per heavy atom. The first kappa shape index (κ1) is 23.4. The van der Waals surface area contributed by atoms with Crippen molar-refractivity contribution in [2.24, 2.45) is 0 Å². The molecule has 7 nitrogen and oxygen atoms in total. The second kappa shape index (κ2) is 10.4. The minimum absolute atomic E-state index is 0.0795. The molecule has 32 heavy (non-hydrogen) atoms. The van der Waals surface area contributed by atoms with Crippen LogP contribution in [0.5, 0.6) is 5.75 Å². The van der Waals surface area contributed by atoms with Crippen LogP contribution in [0.3, 0.4) is 0 Å². The lowest BCUT2D eigenvalue weighted by Gasteiger charge is -2.14. The maximum Gasteiger partial charge on any atom is 0.251 e. The van der Waals surface area contributed by atoms with Crippen molar-refractivity contribution in [3.63, 3.8) is 0 Å². The van der Waals surface area contributed by atoms with E-state index in [9.17, 15) is 13.2 Å². The molecule has 2 N–H and O–H groups in total. The zero-order valence-electron chi connectivity index (χ0n) is 18.4. The molecule has 1 heterocycles. The normalized spacial score (nSPS) is 11.2. The van der Waals surface area contributed by atoms with E-state index in [1.54, 1.807) is 24.5 Å². The average molecular weight is 454 g/mol. The van der Waals surface area contributed by atoms with Crippen molar-refractivity contribution in [1.82, 2.24) is 15.0 Å². The largest absolute Gasteiger partial charge is 0.488 e. The SMILES string of the molecule is CNS(=O)(=O)Cc1ccc(CNC(=O)c2cc(C)c(OCc3cccnc3)c(C)c2)cc1. The molecule has 3 aromatic rings. The summed E-state index contributed by atoms with van der Waals surface area (Å²) in [6.07, 6.45) is 3.48. The van der Waals surface area contributed by atoms with E-state index in [0.29, 0.717) is 24.3 Å². The molecule has 0 saturated carbocycles. The number of rotatable bonds is 9. The molecule has 3 rings (SSSR count). The highest BCUT2D eigenvalue weighted by Crippen LogP contribution is 2.26. The number of benzene rings is 2. The molecule has 168 valence electrons. The van der Waals surface area contributed by atoms with E-state index in [1.807, 2.05) is 50.2 Å². The van der Waals surface area contributed by atoms with E-state index >= 15 is 0 Å². The Balaban J connectivity index is 1.60. The molecular weight excluding hydrogens is 426 g/mol. The van der Waals surface area contributed by atoms with Gasteiger partial charge >= 0.3 is 0 Å². The van der Waals surface area contributed by atoms with Crippen LogP contribution in [-0.2, 0) is 28.9 Å². The zero-order chi connectivity index (χ0) is 23.1. The first-order valence-corrected chi connectivity index (χ1v) is 11.8. The van der Waals surface area contributed by atoms with Crippen molar-refractivity contribution >= 4 is 15.9 Å². The summed E-state index contributed by atoms with van der Waals surface area (Å²) in [5.41, 5.74) is 4.87. The average Bonchev–Trinajstić information content (AvgIpc) is 2.78. The summed E-state index contributed by atoms with van der Waals surface area (Å²) >= 11 is 0. The number of aromatic nitrogens is 1. The fourth-order valence-corrected chi connectivity index (χ4v) is 4.05. The highest BCUT2D eigenvalue weighted by atomic mass is 32.2. The van der Waals surface area contributed by atoms with E-state index in [0.717, 1.165) is 28.0 Å². The molecule has 0 saturated heterocycles. The number of nitrogens with zero attached hydrogens (tertiary/aromatic N) is 1. The van der Waals surface area contributed by atoms with Crippen molar-refractivity contribution in [1.29, 1.82) is 0 Å². The molecule has 0 unspecified atom stereocenters. The van der Waals surface area contributed by atoms with Gasteiger partial charge in [0.15, 0.2) is 0 Å². The number of hydrogen-bond donors (Lipinski definition) is 2. The molecule has 0 radical (unpaired) electrons. The van der Waals surface area contributed by atoms with Gasteiger partial charge in [-0.3, -0.25) is 9.78 Å². The van der Waals surface area contributed by atoms with Crippen LogP contribution >= 0.6 is 0 Å². The molecule has 0 fully saturated rings. The molecule has 1 aromatic heterocycles. The second-order valence-electron chi connectivity index (χ2n) is 7.55. The maximum atomic E-state index is 12.7. The Morgan fingerprint density at radius 2 is 1.66 bits per heavy atom. The van der Waals surface area contributed by atoms with Crippen LogP contribution < -0.4 is 14.8 Å². The van der Waals surface area contributed by atoms with Gasteiger partial charge in [0.1, 0.15) is 12.4 Å². The summed E-state index contributed by atoms with van der Waals surface area (Å²) in [6.45, 7) is 4.59. The van der Waals surface area contributed by atoms with Crippen LogP contribution in [0, 0.1) is 13.8 Å². The topological polar surface area (TPSA) is 97.4 Å². The van der Waals surface area contributed by atoms with E-state index in [4.69, 9.17) is 4.74 Å². The quantitative estimate of drug-likeness (QED) is 0.518. The number of carbonyl (C=O) groups excluding carboxylic acids is 1. The minimum Gasteiger partial charge on any atom is -0.488 e. The van der Waals surface area contributed by atoms with Gasteiger partial charge in [0, 0.05) is 30.1 Å². The Hall–Kier alpha value is -3.23. The van der Waals surface area contributed by atoms with Gasteiger partial charge in [0.2, 0.25) is 10.0 Å². The summed E-state index contributed by atoms with van der Waals surface area (Å²) in [6, 6.07) is 14.6. The van der Waals surface area contributed by atoms with Gasteiger partial charge < -0.3 is 10.1 Å². The number of hydrogen-bond acceptors (Lipinski definition) is 5. The molecule has 0 aliphatic carbocycles. The summed E-state index contributed by atoms with van der Waals surface area (Å²) in [4.78, 5) is 16.7. The highest BCUT2D eigenvalue weighted by Gasteiger charge is 2.13. The summed E-state index contributed by atoms with van der Waals surface area (Å²) in [7, 11) is -1.92. The van der Waals surface area contributed by atoms with Crippen molar-refractivity contribution in [2.45, 2.75) is 32.8 Å². The Bertz CT molecular complexity index is 1150. The monoisotopic (exact) mass is 453 g/mol. The second-order valence-corrected chi connectivity index (χ2v) is 9.48. The van der Waals surface area contributed by atoms with Crippen molar-refractivity contribution in [3.05, 3.63) is 94.3 Å². The number of carbonyl (C=O) groups is 1. The van der Waals surface area contributed by atoms with Gasteiger partial charge in [0.25, 0.3) is 5.91 Å². The molecule has 0 aliphatic heterocycles. The fraction of sp³-hybridized carbons (Fsp3) is 0.250. The van der Waals surface area contributed by atoms with Crippen molar-refractivity contribution in [2.75, 3.05) is 7.05 Å². The number of aryl methyl sites for hydroxylation is 2. The van der Waals surface area contributed by atoms with Crippen LogP contribution in [0.4, 0.5) is 0 Å². The van der Waals surface area contributed by atoms with Crippen LogP contribution in [0.25, 0.3) is 0 Å². The van der Waals surface area contributed by atoms with E-state index in [2.05, 4.69) is 15.0 Å². The molecule has 1 amide bonds. The Kier molecular flexibility index (Phi) is 7.61. The Labute approximate surface area is 188 Å². The van der Waals surface area contributed by atoms with Crippen molar-refractivity contribution in [3.8, 4) is 5.75 Å². The first-order chi connectivity index (χ1) is 15.3. The number of sulfonamides is 1. The number of ether oxygens (including phenoxy) is 1. The van der Waals surface area contributed by atoms with Gasteiger partial charge in [-0.05, 0) is 61.3 Å². The molecule has 8 heteroatoms. The van der Waals surface area contributed by atoms with E-state index < -0.39 is 10.0 Å². The van der Waals surface area contributed by atoms with E-state index in [1.165, 1.54) is 7.05 Å². The Morgan fingerprint density at radius 1 is 1.00 bits per heavy atom. The molecule has 0 atom stereocenters. The van der Waals surface area contributed by atoms with Crippen molar-refractivity contribution < 1.29 is 17.9 Å². The smallest absolute Gasteiger partial charge is 0.251 e. The molecular formula is C24H27N3O4S. The van der Waals surface area contributed by atoms with E-state index in [-0.39, 0.29) is 11.7 Å².